The predicted octanol–water partition coefficient (Wildman–Crippen LogP) is 3.06. The van der Waals surface area contributed by atoms with Crippen molar-refractivity contribution < 1.29 is 0 Å². The third-order valence-electron chi connectivity index (χ3n) is 5.73. The monoisotopic (exact) mass is 441 g/mol. The molecule has 0 amide bonds. The number of hydrogen-bond acceptors (Lipinski definition) is 5. The third kappa shape index (κ3) is 7.75. The van der Waals surface area contributed by atoms with Crippen molar-refractivity contribution >= 4 is 11.7 Å². The van der Waals surface area contributed by atoms with E-state index in [1.807, 2.05) is 24.5 Å². The number of aliphatic imine (C=N–C) groups is 2. The Morgan fingerprint density at radius 2 is 1.58 bits per heavy atom. The molecule has 0 aromatic heterocycles. The van der Waals surface area contributed by atoms with Gasteiger partial charge in [0.15, 0.2) is 6.19 Å². The number of aryl methyl sites for hydroxylation is 2. The molecule has 0 atom stereocenters. The van der Waals surface area contributed by atoms with Crippen LogP contribution in [-0.4, -0.2) is 60.7 Å². The van der Waals surface area contributed by atoms with Crippen molar-refractivity contribution in [3.8, 4) is 12.4 Å². The topological polar surface area (TPSA) is 90.8 Å². The van der Waals surface area contributed by atoms with Crippen LogP contribution in [0.5, 0.6) is 0 Å². The van der Waals surface area contributed by atoms with E-state index >= 15 is 0 Å². The molecule has 170 valence electrons. The Morgan fingerprint density at radius 3 is 2.15 bits per heavy atom. The van der Waals surface area contributed by atoms with Gasteiger partial charge in [0.1, 0.15) is 11.7 Å². The second-order valence-corrected chi connectivity index (χ2v) is 8.35. The first-order valence-electron chi connectivity index (χ1n) is 11.3. The highest BCUT2D eigenvalue weighted by atomic mass is 15.3. The Morgan fingerprint density at radius 1 is 0.939 bits per heavy atom. The summed E-state index contributed by atoms with van der Waals surface area (Å²) in [5.74, 6) is 1.53. The maximum atomic E-state index is 9.17. The van der Waals surface area contributed by atoms with Crippen LogP contribution >= 0.6 is 0 Å². The summed E-state index contributed by atoms with van der Waals surface area (Å²) in [6.07, 6.45) is 5.27. The molecule has 33 heavy (non-hydrogen) atoms. The Balaban J connectivity index is 1.50. The first-order valence-corrected chi connectivity index (χ1v) is 11.3. The molecule has 1 N–H and O–H groups in total. The third-order valence-corrected chi connectivity index (χ3v) is 5.73. The summed E-state index contributed by atoms with van der Waals surface area (Å²) < 4.78 is 0. The van der Waals surface area contributed by atoms with Gasteiger partial charge in [-0.1, -0.05) is 59.7 Å². The van der Waals surface area contributed by atoms with E-state index < -0.39 is 0 Å². The van der Waals surface area contributed by atoms with Gasteiger partial charge in [-0.05, 0) is 25.0 Å². The SMILES string of the molecule is Cc1cccc(CC(=NCCN2CCN(C(Cc3cccc(C)c3)=NC#N)CC2)NC#N)c1. The summed E-state index contributed by atoms with van der Waals surface area (Å²) in [6, 6.07) is 16.6. The minimum absolute atomic E-state index is 0.621. The van der Waals surface area contributed by atoms with Crippen LogP contribution in [0, 0.1) is 36.8 Å². The van der Waals surface area contributed by atoms with Gasteiger partial charge in [-0.15, -0.1) is 0 Å². The van der Waals surface area contributed by atoms with Gasteiger partial charge in [0.05, 0.1) is 6.54 Å². The highest BCUT2D eigenvalue weighted by molar-refractivity contribution is 5.86. The van der Waals surface area contributed by atoms with Gasteiger partial charge in [-0.3, -0.25) is 15.2 Å². The van der Waals surface area contributed by atoms with Crippen molar-refractivity contribution in [2.75, 3.05) is 39.3 Å². The molecule has 1 heterocycles. The summed E-state index contributed by atoms with van der Waals surface area (Å²) in [6.45, 7) is 9.07. The van der Waals surface area contributed by atoms with E-state index in [0.29, 0.717) is 25.2 Å². The number of rotatable bonds is 7. The number of piperazine rings is 1. The van der Waals surface area contributed by atoms with Crippen LogP contribution in [0.1, 0.15) is 22.3 Å². The van der Waals surface area contributed by atoms with Crippen molar-refractivity contribution in [1.29, 1.82) is 10.5 Å². The van der Waals surface area contributed by atoms with Gasteiger partial charge >= 0.3 is 0 Å². The van der Waals surface area contributed by atoms with E-state index in [0.717, 1.165) is 44.1 Å². The zero-order valence-corrected chi connectivity index (χ0v) is 19.5. The van der Waals surface area contributed by atoms with Crippen molar-refractivity contribution in [3.05, 3.63) is 70.8 Å². The minimum Gasteiger partial charge on any atom is -0.356 e. The van der Waals surface area contributed by atoms with Gasteiger partial charge in [-0.25, -0.2) is 0 Å². The van der Waals surface area contributed by atoms with Crippen LogP contribution in [0.3, 0.4) is 0 Å². The fraction of sp³-hybridized carbons (Fsp3) is 0.385. The van der Waals surface area contributed by atoms with E-state index in [1.165, 1.54) is 16.7 Å². The summed E-state index contributed by atoms with van der Waals surface area (Å²) >= 11 is 0. The smallest absolute Gasteiger partial charge is 0.207 e. The molecule has 7 nitrogen and oxygen atoms in total. The highest BCUT2D eigenvalue weighted by Crippen LogP contribution is 2.11. The number of benzene rings is 2. The molecule has 1 fully saturated rings. The van der Waals surface area contributed by atoms with Crippen LogP contribution in [0.15, 0.2) is 58.5 Å². The summed E-state index contributed by atoms with van der Waals surface area (Å²) in [4.78, 5) is 13.3. The van der Waals surface area contributed by atoms with Crippen molar-refractivity contribution in [1.82, 2.24) is 15.1 Å². The molecule has 1 aliphatic rings. The maximum Gasteiger partial charge on any atom is 0.207 e. The molecule has 0 aliphatic carbocycles. The van der Waals surface area contributed by atoms with E-state index in [4.69, 9.17) is 10.5 Å². The van der Waals surface area contributed by atoms with Gasteiger partial charge in [0, 0.05) is 45.6 Å². The van der Waals surface area contributed by atoms with Gasteiger partial charge in [0.2, 0.25) is 6.19 Å². The molecule has 0 bridgehead atoms. The number of nitrogens with zero attached hydrogens (tertiary/aromatic N) is 6. The van der Waals surface area contributed by atoms with Gasteiger partial charge < -0.3 is 4.90 Å². The standard InChI is InChI=1S/C26H31N7/c1-21-5-3-7-23(15-21)17-25(30-19-27)29-9-10-32-11-13-33(14-12-32)26(31-20-28)18-24-8-4-6-22(2)16-24/h3-8,15-16H,9-14,17-18H2,1-2H3,(H,29,30). The Bertz CT molecular complexity index is 1070. The molecule has 1 saturated heterocycles. The summed E-state index contributed by atoms with van der Waals surface area (Å²) in [7, 11) is 0. The number of nitriles is 2. The zero-order valence-electron chi connectivity index (χ0n) is 19.5. The van der Waals surface area contributed by atoms with E-state index in [1.54, 1.807) is 0 Å². The fourth-order valence-corrected chi connectivity index (χ4v) is 4.06. The average Bonchev–Trinajstić information content (AvgIpc) is 2.79. The van der Waals surface area contributed by atoms with Crippen molar-refractivity contribution in [3.63, 3.8) is 0 Å². The Labute approximate surface area is 196 Å². The number of amidine groups is 2. The van der Waals surface area contributed by atoms with Crippen LogP contribution in [0.4, 0.5) is 0 Å². The lowest BCUT2D eigenvalue weighted by Crippen LogP contribution is -2.49. The normalized spacial score (nSPS) is 15.1. The molecule has 0 saturated carbocycles. The summed E-state index contributed by atoms with van der Waals surface area (Å²) in [5.41, 5.74) is 4.72. The molecule has 2 aromatic carbocycles. The zero-order chi connectivity index (χ0) is 23.5. The Hall–Kier alpha value is -3.68. The lowest BCUT2D eigenvalue weighted by Gasteiger charge is -2.36. The van der Waals surface area contributed by atoms with Crippen LogP contribution in [-0.2, 0) is 12.8 Å². The Kier molecular flexibility index (Phi) is 8.99. The molecule has 0 radical (unpaired) electrons. The molecule has 1 aliphatic heterocycles. The molecule has 2 aromatic rings. The van der Waals surface area contributed by atoms with Crippen LogP contribution in [0.25, 0.3) is 0 Å². The van der Waals surface area contributed by atoms with Crippen LogP contribution < -0.4 is 5.32 Å². The molecule has 0 spiro atoms. The molecular formula is C26H31N7. The lowest BCUT2D eigenvalue weighted by atomic mass is 10.1. The molecular weight excluding hydrogens is 410 g/mol. The van der Waals surface area contributed by atoms with Gasteiger partial charge in [-0.2, -0.15) is 15.5 Å². The quantitative estimate of drug-likeness (QED) is 0.309. The lowest BCUT2D eigenvalue weighted by molar-refractivity contribution is 0.185. The van der Waals surface area contributed by atoms with E-state index in [2.05, 4.69) is 75.3 Å². The molecule has 7 heteroatoms. The predicted molar refractivity (Wildman–Crippen MR) is 132 cm³/mol. The van der Waals surface area contributed by atoms with E-state index in [9.17, 15) is 0 Å². The second kappa shape index (κ2) is 12.4. The fourth-order valence-electron chi connectivity index (χ4n) is 4.06. The largest absolute Gasteiger partial charge is 0.356 e. The minimum atomic E-state index is 0.621. The average molecular weight is 442 g/mol. The number of nitrogens with one attached hydrogen (secondary N) is 1. The first kappa shape index (κ1) is 24.0. The van der Waals surface area contributed by atoms with Crippen molar-refractivity contribution in [2.45, 2.75) is 26.7 Å². The summed E-state index contributed by atoms with van der Waals surface area (Å²) in [5, 5.41) is 21.0. The van der Waals surface area contributed by atoms with Gasteiger partial charge in [0.25, 0.3) is 0 Å². The number of hydrogen-bond donors (Lipinski definition) is 1. The van der Waals surface area contributed by atoms with Crippen molar-refractivity contribution in [2.24, 2.45) is 9.98 Å². The maximum absolute atomic E-state index is 9.17. The highest BCUT2D eigenvalue weighted by Gasteiger charge is 2.20. The molecule has 0 unspecified atom stereocenters. The van der Waals surface area contributed by atoms with E-state index in [-0.39, 0.29) is 0 Å². The molecule has 3 rings (SSSR count). The second-order valence-electron chi connectivity index (χ2n) is 8.35. The first-order chi connectivity index (χ1) is 16.1. The van der Waals surface area contributed by atoms with Crippen LogP contribution in [0.2, 0.25) is 0 Å².